The fourth-order valence-corrected chi connectivity index (χ4v) is 1.31. The third kappa shape index (κ3) is 2.00. The summed E-state index contributed by atoms with van der Waals surface area (Å²) < 4.78 is 5.09. The molecule has 1 atom stereocenters. The number of ether oxygens (including phenoxy) is 1. The highest BCUT2D eigenvalue weighted by atomic mass is 16.5. The van der Waals surface area contributed by atoms with Crippen LogP contribution in [0.1, 0.15) is 24.1 Å². The number of hydrogen-bond donors (Lipinski definition) is 0. The van der Waals surface area contributed by atoms with Crippen molar-refractivity contribution in [1.82, 2.24) is 0 Å². The molecule has 13 heavy (non-hydrogen) atoms. The number of hydrogen-bond acceptors (Lipinski definition) is 1. The fraction of sp³-hybridized carbons (Fsp3) is 0.364. The van der Waals surface area contributed by atoms with E-state index in [0.717, 1.165) is 16.9 Å². The summed E-state index contributed by atoms with van der Waals surface area (Å²) in [5.74, 6) is 0.846. The molecular weight excluding hydrogens is 162 g/mol. The normalized spacial score (nSPS) is 11.8. The van der Waals surface area contributed by atoms with Crippen molar-refractivity contribution >= 4 is 0 Å². The second-order valence-corrected chi connectivity index (χ2v) is 3.03. The quantitative estimate of drug-likeness (QED) is 0.630. The lowest BCUT2D eigenvalue weighted by atomic mass is 10.0. The Bertz CT molecular complexity index is 338. The minimum atomic E-state index is -0.0640. The predicted molar refractivity (Wildman–Crippen MR) is 52.7 cm³/mol. The van der Waals surface area contributed by atoms with E-state index >= 15 is 0 Å². The van der Waals surface area contributed by atoms with Gasteiger partial charge in [0.05, 0.1) is 7.11 Å². The summed E-state index contributed by atoms with van der Waals surface area (Å²) in [5, 5.41) is 0. The van der Waals surface area contributed by atoms with E-state index in [1.165, 1.54) is 0 Å². The highest BCUT2D eigenvalue weighted by molar-refractivity contribution is 5.37. The molecule has 68 valence electrons. The lowest BCUT2D eigenvalue weighted by Gasteiger charge is -2.06. The van der Waals surface area contributed by atoms with Crippen molar-refractivity contribution in [3.8, 4) is 5.75 Å². The first-order valence-electron chi connectivity index (χ1n) is 4.20. The summed E-state index contributed by atoms with van der Waals surface area (Å²) >= 11 is 0. The van der Waals surface area contributed by atoms with E-state index in [-0.39, 0.29) is 6.04 Å². The van der Waals surface area contributed by atoms with Crippen LogP contribution in [0, 0.1) is 13.5 Å². The standard InChI is InChI=1S/C11H13NO/c1-8-7-10(13-4)5-6-11(8)9(2)12-3/h5-7,9H,1-2,4H3. The van der Waals surface area contributed by atoms with Gasteiger partial charge in [-0.3, -0.25) is 0 Å². The lowest BCUT2D eigenvalue weighted by Crippen LogP contribution is -1.92. The maximum Gasteiger partial charge on any atom is 0.246 e. The second-order valence-electron chi connectivity index (χ2n) is 3.03. The molecule has 0 bridgehead atoms. The van der Waals surface area contributed by atoms with Crippen molar-refractivity contribution in [2.75, 3.05) is 7.11 Å². The summed E-state index contributed by atoms with van der Waals surface area (Å²) in [5.41, 5.74) is 2.19. The molecule has 0 fully saturated rings. The van der Waals surface area contributed by atoms with E-state index in [4.69, 9.17) is 11.3 Å². The number of nitrogens with zero attached hydrogens (tertiary/aromatic N) is 1. The zero-order chi connectivity index (χ0) is 9.84. The zero-order valence-corrected chi connectivity index (χ0v) is 8.16. The molecule has 0 heterocycles. The molecule has 0 aliphatic rings. The molecule has 0 spiro atoms. The van der Waals surface area contributed by atoms with Crippen LogP contribution < -0.4 is 4.74 Å². The minimum absolute atomic E-state index is 0.0640. The van der Waals surface area contributed by atoms with E-state index in [0.29, 0.717) is 0 Å². The van der Waals surface area contributed by atoms with E-state index in [1.54, 1.807) is 7.11 Å². The Morgan fingerprint density at radius 3 is 2.62 bits per heavy atom. The van der Waals surface area contributed by atoms with E-state index < -0.39 is 0 Å². The Labute approximate surface area is 79.0 Å². The van der Waals surface area contributed by atoms with Crippen LogP contribution in [-0.2, 0) is 0 Å². The van der Waals surface area contributed by atoms with E-state index in [1.807, 2.05) is 32.0 Å². The van der Waals surface area contributed by atoms with Crippen LogP contribution in [0.3, 0.4) is 0 Å². The fourth-order valence-electron chi connectivity index (χ4n) is 1.31. The first kappa shape index (κ1) is 9.60. The monoisotopic (exact) mass is 175 g/mol. The van der Waals surface area contributed by atoms with Crippen molar-refractivity contribution in [1.29, 1.82) is 0 Å². The van der Waals surface area contributed by atoms with Gasteiger partial charge in [-0.25, -0.2) is 6.57 Å². The highest BCUT2D eigenvalue weighted by Crippen LogP contribution is 2.24. The van der Waals surface area contributed by atoms with Crippen molar-refractivity contribution in [3.05, 3.63) is 40.7 Å². The Kier molecular flexibility index (Phi) is 2.92. The largest absolute Gasteiger partial charge is 0.497 e. The summed E-state index contributed by atoms with van der Waals surface area (Å²) in [6, 6.07) is 5.74. The molecule has 1 rings (SSSR count). The van der Waals surface area contributed by atoms with Gasteiger partial charge in [0.25, 0.3) is 0 Å². The van der Waals surface area contributed by atoms with Gasteiger partial charge in [-0.15, -0.1) is 0 Å². The van der Waals surface area contributed by atoms with Gasteiger partial charge in [0.1, 0.15) is 5.75 Å². The maximum absolute atomic E-state index is 6.94. The smallest absolute Gasteiger partial charge is 0.246 e. The van der Waals surface area contributed by atoms with Crippen LogP contribution in [0.15, 0.2) is 18.2 Å². The SMILES string of the molecule is [C-]#[N+]C(C)c1ccc(OC)cc1C. The molecule has 0 radical (unpaired) electrons. The number of rotatable bonds is 2. The van der Waals surface area contributed by atoms with Crippen molar-refractivity contribution in [2.24, 2.45) is 0 Å². The molecule has 1 aromatic rings. The van der Waals surface area contributed by atoms with Crippen LogP contribution >= 0.6 is 0 Å². The van der Waals surface area contributed by atoms with Gasteiger partial charge in [0.15, 0.2) is 0 Å². The molecule has 0 N–H and O–H groups in total. The van der Waals surface area contributed by atoms with Gasteiger partial charge in [-0.2, -0.15) is 0 Å². The molecule has 0 amide bonds. The first-order chi connectivity index (χ1) is 6.19. The second kappa shape index (κ2) is 3.95. The average molecular weight is 175 g/mol. The van der Waals surface area contributed by atoms with E-state index in [2.05, 4.69) is 4.85 Å². The third-order valence-corrected chi connectivity index (χ3v) is 2.12. The van der Waals surface area contributed by atoms with Crippen LogP contribution in [0.25, 0.3) is 4.85 Å². The van der Waals surface area contributed by atoms with Gasteiger partial charge in [0, 0.05) is 12.5 Å². The molecule has 0 saturated heterocycles. The Hall–Kier alpha value is -1.49. The summed E-state index contributed by atoms with van der Waals surface area (Å²) in [7, 11) is 1.65. The Morgan fingerprint density at radius 1 is 1.46 bits per heavy atom. The molecule has 1 unspecified atom stereocenters. The van der Waals surface area contributed by atoms with Crippen LogP contribution in [0.5, 0.6) is 5.75 Å². The average Bonchev–Trinajstić information content (AvgIpc) is 2.16. The topological polar surface area (TPSA) is 13.6 Å². The summed E-state index contributed by atoms with van der Waals surface area (Å²) in [6.45, 7) is 10.8. The van der Waals surface area contributed by atoms with Crippen LogP contribution in [0.2, 0.25) is 0 Å². The van der Waals surface area contributed by atoms with Gasteiger partial charge < -0.3 is 9.58 Å². The number of benzene rings is 1. The summed E-state index contributed by atoms with van der Waals surface area (Å²) in [4.78, 5) is 3.48. The number of aryl methyl sites for hydroxylation is 1. The van der Waals surface area contributed by atoms with Crippen LogP contribution in [-0.4, -0.2) is 7.11 Å². The minimum Gasteiger partial charge on any atom is -0.497 e. The van der Waals surface area contributed by atoms with Crippen molar-refractivity contribution in [2.45, 2.75) is 19.9 Å². The predicted octanol–water partition coefficient (Wildman–Crippen LogP) is 2.98. The molecule has 2 heteroatoms. The number of methoxy groups -OCH3 is 1. The molecule has 0 aromatic heterocycles. The summed E-state index contributed by atoms with van der Waals surface area (Å²) in [6.07, 6.45) is 0. The Balaban J connectivity index is 3.06. The molecular formula is C11H13NO. The maximum atomic E-state index is 6.94. The molecule has 2 nitrogen and oxygen atoms in total. The van der Waals surface area contributed by atoms with Gasteiger partial charge in [-0.05, 0) is 30.7 Å². The molecule has 0 saturated carbocycles. The van der Waals surface area contributed by atoms with Crippen molar-refractivity contribution < 1.29 is 4.74 Å². The lowest BCUT2D eigenvalue weighted by molar-refractivity contribution is 0.414. The molecule has 1 aromatic carbocycles. The first-order valence-corrected chi connectivity index (χ1v) is 4.20. The highest BCUT2D eigenvalue weighted by Gasteiger charge is 2.11. The molecule has 0 aliphatic carbocycles. The van der Waals surface area contributed by atoms with Gasteiger partial charge >= 0.3 is 0 Å². The molecule has 0 aliphatic heterocycles. The third-order valence-electron chi connectivity index (χ3n) is 2.12. The van der Waals surface area contributed by atoms with Crippen molar-refractivity contribution in [3.63, 3.8) is 0 Å². The zero-order valence-electron chi connectivity index (χ0n) is 8.16. The van der Waals surface area contributed by atoms with E-state index in [9.17, 15) is 0 Å². The van der Waals surface area contributed by atoms with Crippen LogP contribution in [0.4, 0.5) is 0 Å². The van der Waals surface area contributed by atoms with Gasteiger partial charge in [0.2, 0.25) is 6.04 Å². The van der Waals surface area contributed by atoms with Gasteiger partial charge in [-0.1, -0.05) is 0 Å². The Morgan fingerprint density at radius 2 is 2.15 bits per heavy atom.